The molecule has 168 valence electrons. The fourth-order valence-corrected chi connectivity index (χ4v) is 3.40. The molecule has 4 aromatic rings. The Kier molecular flexibility index (Phi) is 5.47. The van der Waals surface area contributed by atoms with Crippen LogP contribution >= 0.6 is 0 Å². The monoisotopic (exact) mass is 450 g/mol. The molecule has 5 rings (SSSR count). The average molecular weight is 450 g/mol. The Morgan fingerprint density at radius 2 is 1.85 bits per heavy atom. The third kappa shape index (κ3) is 4.40. The Labute approximate surface area is 187 Å². The van der Waals surface area contributed by atoms with Gasteiger partial charge in [0.1, 0.15) is 17.1 Å². The standard InChI is InChI=1S/C23H19FN4O5/c1-28-12-17(21(26-28)15-5-8-18-19(11-15)31-10-2-9-30-18)23(29)32-13-20-25-22(27-33-20)14-3-6-16(24)7-4-14/h3-8,11-12H,2,9-10,13H2,1H3. The van der Waals surface area contributed by atoms with E-state index in [0.29, 0.717) is 41.5 Å². The van der Waals surface area contributed by atoms with E-state index in [4.69, 9.17) is 18.7 Å². The average Bonchev–Trinajstić information content (AvgIpc) is 3.38. The lowest BCUT2D eigenvalue weighted by molar-refractivity contribution is 0.0430. The Morgan fingerprint density at radius 3 is 2.67 bits per heavy atom. The number of carbonyl (C=O) groups is 1. The summed E-state index contributed by atoms with van der Waals surface area (Å²) < 4.78 is 36.6. The first-order valence-corrected chi connectivity index (χ1v) is 10.3. The van der Waals surface area contributed by atoms with Gasteiger partial charge in [-0.25, -0.2) is 9.18 Å². The topological polar surface area (TPSA) is 102 Å². The number of benzene rings is 2. The number of esters is 1. The predicted molar refractivity (Wildman–Crippen MR) is 113 cm³/mol. The molecule has 10 heteroatoms. The van der Waals surface area contributed by atoms with E-state index in [-0.39, 0.29) is 29.7 Å². The van der Waals surface area contributed by atoms with E-state index in [1.54, 1.807) is 25.4 Å². The van der Waals surface area contributed by atoms with Gasteiger partial charge in [-0.05, 0) is 42.5 Å². The number of ether oxygens (including phenoxy) is 3. The molecule has 1 aliphatic rings. The molecule has 3 heterocycles. The van der Waals surface area contributed by atoms with Crippen molar-refractivity contribution in [2.45, 2.75) is 13.0 Å². The van der Waals surface area contributed by atoms with Gasteiger partial charge < -0.3 is 18.7 Å². The summed E-state index contributed by atoms with van der Waals surface area (Å²) in [6, 6.07) is 11.1. The van der Waals surface area contributed by atoms with Gasteiger partial charge in [0.05, 0.1) is 13.2 Å². The van der Waals surface area contributed by atoms with E-state index < -0.39 is 5.97 Å². The third-order valence-electron chi connectivity index (χ3n) is 4.97. The number of fused-ring (bicyclic) bond motifs is 1. The number of rotatable bonds is 5. The normalized spacial score (nSPS) is 12.9. The van der Waals surface area contributed by atoms with Gasteiger partial charge in [0, 0.05) is 30.8 Å². The highest BCUT2D eigenvalue weighted by Crippen LogP contribution is 2.35. The molecule has 0 bridgehead atoms. The first-order valence-electron chi connectivity index (χ1n) is 10.3. The smallest absolute Gasteiger partial charge is 0.342 e. The summed E-state index contributed by atoms with van der Waals surface area (Å²) in [7, 11) is 1.72. The number of carbonyl (C=O) groups excluding carboxylic acids is 1. The molecule has 9 nitrogen and oxygen atoms in total. The van der Waals surface area contributed by atoms with Crippen molar-refractivity contribution in [2.75, 3.05) is 13.2 Å². The second kappa shape index (κ2) is 8.73. The van der Waals surface area contributed by atoms with Gasteiger partial charge in [-0.3, -0.25) is 4.68 Å². The van der Waals surface area contributed by atoms with Gasteiger partial charge in [-0.15, -0.1) is 0 Å². The number of halogens is 1. The van der Waals surface area contributed by atoms with E-state index in [2.05, 4.69) is 15.2 Å². The van der Waals surface area contributed by atoms with Crippen LogP contribution in [0.1, 0.15) is 22.7 Å². The van der Waals surface area contributed by atoms with Crippen molar-refractivity contribution < 1.29 is 27.9 Å². The zero-order valence-corrected chi connectivity index (χ0v) is 17.7. The van der Waals surface area contributed by atoms with Crippen LogP contribution in [0.2, 0.25) is 0 Å². The van der Waals surface area contributed by atoms with Crippen LogP contribution in [0.4, 0.5) is 4.39 Å². The minimum atomic E-state index is -0.591. The van der Waals surface area contributed by atoms with Crippen LogP contribution in [0.15, 0.2) is 53.2 Å². The zero-order chi connectivity index (χ0) is 22.8. The van der Waals surface area contributed by atoms with Gasteiger partial charge in [0.2, 0.25) is 5.82 Å². The highest BCUT2D eigenvalue weighted by molar-refractivity contribution is 5.96. The van der Waals surface area contributed by atoms with E-state index >= 15 is 0 Å². The molecule has 0 spiro atoms. The maximum atomic E-state index is 13.1. The van der Waals surface area contributed by atoms with Crippen LogP contribution in [0.25, 0.3) is 22.6 Å². The molecular formula is C23H19FN4O5. The van der Waals surface area contributed by atoms with Crippen molar-refractivity contribution >= 4 is 5.97 Å². The molecule has 2 aromatic heterocycles. The summed E-state index contributed by atoms with van der Waals surface area (Å²) in [5.41, 5.74) is 2.02. The Bertz CT molecular complexity index is 1300. The lowest BCUT2D eigenvalue weighted by atomic mass is 10.1. The Morgan fingerprint density at radius 1 is 1.09 bits per heavy atom. The summed E-state index contributed by atoms with van der Waals surface area (Å²) in [5, 5.41) is 8.26. The molecule has 0 N–H and O–H groups in total. The highest BCUT2D eigenvalue weighted by atomic mass is 19.1. The van der Waals surface area contributed by atoms with Crippen LogP contribution < -0.4 is 9.47 Å². The predicted octanol–water partition coefficient (Wildman–Crippen LogP) is 3.79. The van der Waals surface area contributed by atoms with Crippen LogP contribution in [0.5, 0.6) is 11.5 Å². The number of aromatic nitrogens is 4. The van der Waals surface area contributed by atoms with Gasteiger partial charge in [-0.2, -0.15) is 10.1 Å². The first kappa shape index (κ1) is 20.7. The molecule has 33 heavy (non-hydrogen) atoms. The second-order valence-corrected chi connectivity index (χ2v) is 7.37. The Hall–Kier alpha value is -4.21. The summed E-state index contributed by atoms with van der Waals surface area (Å²) >= 11 is 0. The van der Waals surface area contributed by atoms with Crippen molar-refractivity contribution in [3.05, 3.63) is 65.9 Å². The number of aryl methyl sites for hydroxylation is 1. The molecule has 0 fully saturated rings. The second-order valence-electron chi connectivity index (χ2n) is 7.37. The minimum Gasteiger partial charge on any atom is -0.490 e. The minimum absolute atomic E-state index is 0.115. The van der Waals surface area contributed by atoms with Gasteiger partial charge >= 0.3 is 5.97 Å². The number of hydrogen-bond acceptors (Lipinski definition) is 8. The largest absolute Gasteiger partial charge is 0.490 e. The van der Waals surface area contributed by atoms with E-state index in [9.17, 15) is 9.18 Å². The molecule has 0 unspecified atom stereocenters. The summed E-state index contributed by atoms with van der Waals surface area (Å²) in [5.74, 6) is 0.696. The summed E-state index contributed by atoms with van der Waals surface area (Å²) in [4.78, 5) is 17.0. The lowest BCUT2D eigenvalue weighted by Crippen LogP contribution is -2.06. The molecule has 1 aliphatic heterocycles. The van der Waals surface area contributed by atoms with Crippen LogP contribution in [0.3, 0.4) is 0 Å². The van der Waals surface area contributed by atoms with Crippen molar-refractivity contribution in [1.82, 2.24) is 19.9 Å². The fraction of sp³-hybridized carbons (Fsp3) is 0.217. The van der Waals surface area contributed by atoms with E-state index in [0.717, 1.165) is 6.42 Å². The van der Waals surface area contributed by atoms with Crippen molar-refractivity contribution in [3.8, 4) is 34.1 Å². The number of hydrogen-bond donors (Lipinski definition) is 0. The van der Waals surface area contributed by atoms with Crippen molar-refractivity contribution in [1.29, 1.82) is 0 Å². The van der Waals surface area contributed by atoms with Gasteiger partial charge in [0.15, 0.2) is 18.1 Å². The maximum Gasteiger partial charge on any atom is 0.342 e. The van der Waals surface area contributed by atoms with E-state index in [1.165, 1.54) is 28.9 Å². The third-order valence-corrected chi connectivity index (χ3v) is 4.97. The molecule has 0 atom stereocenters. The molecule has 0 radical (unpaired) electrons. The van der Waals surface area contributed by atoms with Crippen LogP contribution in [-0.4, -0.2) is 39.1 Å². The number of nitrogens with zero attached hydrogens (tertiary/aromatic N) is 4. The quantitative estimate of drug-likeness (QED) is 0.423. The van der Waals surface area contributed by atoms with E-state index in [1.807, 2.05) is 6.07 Å². The Balaban J connectivity index is 1.32. The fourth-order valence-electron chi connectivity index (χ4n) is 3.40. The lowest BCUT2D eigenvalue weighted by Gasteiger charge is -2.09. The molecule has 0 aliphatic carbocycles. The molecule has 0 saturated carbocycles. The van der Waals surface area contributed by atoms with Gasteiger partial charge in [-0.1, -0.05) is 5.16 Å². The first-order chi connectivity index (χ1) is 16.1. The van der Waals surface area contributed by atoms with Gasteiger partial charge in [0.25, 0.3) is 5.89 Å². The molecule has 0 saturated heterocycles. The zero-order valence-electron chi connectivity index (χ0n) is 17.7. The molecule has 0 amide bonds. The highest BCUT2D eigenvalue weighted by Gasteiger charge is 2.22. The van der Waals surface area contributed by atoms with Crippen molar-refractivity contribution in [2.24, 2.45) is 7.05 Å². The SMILES string of the molecule is Cn1cc(C(=O)OCc2nc(-c3ccc(F)cc3)no2)c(-c2ccc3c(c2)OCCCO3)n1. The molecule has 2 aromatic carbocycles. The van der Waals surface area contributed by atoms with Crippen LogP contribution in [-0.2, 0) is 18.4 Å². The summed E-state index contributed by atoms with van der Waals surface area (Å²) in [6.07, 6.45) is 2.38. The summed E-state index contributed by atoms with van der Waals surface area (Å²) in [6.45, 7) is 0.923. The molecular weight excluding hydrogens is 431 g/mol. The van der Waals surface area contributed by atoms with Crippen LogP contribution in [0, 0.1) is 5.82 Å². The maximum absolute atomic E-state index is 13.1. The van der Waals surface area contributed by atoms with Crippen molar-refractivity contribution in [3.63, 3.8) is 0 Å².